The van der Waals surface area contributed by atoms with Crippen LogP contribution in [0, 0.1) is 6.92 Å². The Balaban J connectivity index is 2.41. The Labute approximate surface area is 103 Å². The molecule has 0 saturated heterocycles. The highest BCUT2D eigenvalue weighted by Crippen LogP contribution is 2.20. The van der Waals surface area contributed by atoms with Crippen molar-refractivity contribution in [1.29, 1.82) is 0 Å². The minimum absolute atomic E-state index is 0.291. The molecular formula is C13H11N3O2. The second kappa shape index (κ2) is 3.80. The van der Waals surface area contributed by atoms with Crippen molar-refractivity contribution >= 4 is 22.4 Å². The summed E-state index contributed by atoms with van der Waals surface area (Å²) in [5.74, 6) is 0.293. The average Bonchev–Trinajstić information content (AvgIpc) is 2.84. The highest BCUT2D eigenvalue weighted by atomic mass is 16.5. The maximum Gasteiger partial charge on any atom is 0.358 e. The number of benzene rings is 1. The number of ether oxygens (including phenoxy) is 1. The topological polar surface area (TPSA) is 56.5 Å². The Kier molecular flexibility index (Phi) is 2.26. The van der Waals surface area contributed by atoms with E-state index in [1.165, 1.54) is 7.11 Å². The van der Waals surface area contributed by atoms with Crippen LogP contribution in [0.5, 0.6) is 0 Å². The van der Waals surface area contributed by atoms with Crippen molar-refractivity contribution in [2.24, 2.45) is 0 Å². The third-order valence-electron chi connectivity index (χ3n) is 2.87. The first-order valence-electron chi connectivity index (χ1n) is 5.54. The molecule has 0 spiro atoms. The lowest BCUT2D eigenvalue weighted by Gasteiger charge is -2.02. The summed E-state index contributed by atoms with van der Waals surface area (Å²) in [5.41, 5.74) is 2.04. The maximum absolute atomic E-state index is 11.5. The summed E-state index contributed by atoms with van der Waals surface area (Å²) < 4.78 is 6.34. The Morgan fingerprint density at radius 1 is 1.33 bits per heavy atom. The molecular weight excluding hydrogens is 230 g/mol. The molecule has 0 aliphatic rings. The summed E-state index contributed by atoms with van der Waals surface area (Å²) in [4.78, 5) is 16.0. The number of hydrogen-bond donors (Lipinski definition) is 0. The number of fused-ring (bicyclic) bond motifs is 3. The predicted octanol–water partition coefficient (Wildman–Crippen LogP) is 1.98. The summed E-state index contributed by atoms with van der Waals surface area (Å²) in [6.45, 7) is 1.85. The first-order chi connectivity index (χ1) is 8.70. The first-order valence-corrected chi connectivity index (χ1v) is 5.54. The summed E-state index contributed by atoms with van der Waals surface area (Å²) in [6.07, 6.45) is 0. The number of rotatable bonds is 1. The lowest BCUT2D eigenvalue weighted by Crippen LogP contribution is -2.03. The van der Waals surface area contributed by atoms with E-state index < -0.39 is 5.97 Å². The van der Waals surface area contributed by atoms with Gasteiger partial charge in [0.2, 0.25) is 0 Å². The quantitative estimate of drug-likeness (QED) is 0.611. The number of aryl methyl sites for hydroxylation is 1. The number of para-hydroxylation sites is 1. The second-order valence-electron chi connectivity index (χ2n) is 3.99. The lowest BCUT2D eigenvalue weighted by molar-refractivity contribution is 0.0593. The van der Waals surface area contributed by atoms with Crippen molar-refractivity contribution in [3.05, 3.63) is 41.9 Å². The number of carbonyl (C=O) groups is 1. The van der Waals surface area contributed by atoms with E-state index >= 15 is 0 Å². The van der Waals surface area contributed by atoms with Gasteiger partial charge in [0, 0.05) is 5.39 Å². The molecule has 90 valence electrons. The smallest absolute Gasteiger partial charge is 0.358 e. The van der Waals surface area contributed by atoms with Crippen LogP contribution in [0.3, 0.4) is 0 Å². The van der Waals surface area contributed by atoms with Crippen LogP contribution in [0.15, 0.2) is 30.3 Å². The molecule has 2 heterocycles. The fraction of sp³-hybridized carbons (Fsp3) is 0.154. The third-order valence-corrected chi connectivity index (χ3v) is 2.87. The van der Waals surface area contributed by atoms with Gasteiger partial charge in [0.05, 0.1) is 18.1 Å². The van der Waals surface area contributed by atoms with Gasteiger partial charge in [-0.2, -0.15) is 5.10 Å². The van der Waals surface area contributed by atoms with E-state index in [4.69, 9.17) is 0 Å². The van der Waals surface area contributed by atoms with Crippen LogP contribution in [0.2, 0.25) is 0 Å². The molecule has 0 N–H and O–H groups in total. The molecule has 0 unspecified atom stereocenters. The van der Waals surface area contributed by atoms with Crippen LogP contribution in [-0.2, 0) is 4.74 Å². The number of hydrogen-bond acceptors (Lipinski definition) is 4. The lowest BCUT2D eigenvalue weighted by atomic mass is 10.2. The SMILES string of the molecule is COC(=O)c1cc2c3ccccc3nc(C)n2n1. The van der Waals surface area contributed by atoms with Crippen LogP contribution >= 0.6 is 0 Å². The number of methoxy groups -OCH3 is 1. The first kappa shape index (κ1) is 10.7. The van der Waals surface area contributed by atoms with Gasteiger partial charge in [-0.05, 0) is 19.1 Å². The Morgan fingerprint density at radius 3 is 2.89 bits per heavy atom. The van der Waals surface area contributed by atoms with Gasteiger partial charge in [-0.3, -0.25) is 0 Å². The minimum Gasteiger partial charge on any atom is -0.464 e. The van der Waals surface area contributed by atoms with Crippen LogP contribution in [0.25, 0.3) is 16.4 Å². The fourth-order valence-corrected chi connectivity index (χ4v) is 2.03. The summed E-state index contributed by atoms with van der Waals surface area (Å²) in [6, 6.07) is 9.49. The summed E-state index contributed by atoms with van der Waals surface area (Å²) >= 11 is 0. The van der Waals surface area contributed by atoms with Crippen LogP contribution < -0.4 is 0 Å². The van der Waals surface area contributed by atoms with E-state index in [2.05, 4.69) is 14.8 Å². The standard InChI is InChI=1S/C13H11N3O2/c1-8-14-10-6-4-3-5-9(10)12-7-11(13(17)18-2)15-16(8)12/h3-7H,1-2H3. The molecule has 0 aliphatic heterocycles. The number of aromatic nitrogens is 3. The molecule has 0 radical (unpaired) electrons. The third kappa shape index (κ3) is 1.44. The Hall–Kier alpha value is -2.43. The van der Waals surface area contributed by atoms with Crippen LogP contribution in [0.1, 0.15) is 16.3 Å². The molecule has 0 saturated carbocycles. The number of esters is 1. The summed E-state index contributed by atoms with van der Waals surface area (Å²) in [7, 11) is 1.34. The molecule has 3 rings (SSSR count). The van der Waals surface area contributed by atoms with E-state index in [0.29, 0.717) is 5.69 Å². The highest BCUT2D eigenvalue weighted by Gasteiger charge is 2.14. The van der Waals surface area contributed by atoms with Crippen LogP contribution in [0.4, 0.5) is 0 Å². The van der Waals surface area contributed by atoms with Gasteiger partial charge in [-0.1, -0.05) is 18.2 Å². The molecule has 3 aromatic rings. The van der Waals surface area contributed by atoms with E-state index in [-0.39, 0.29) is 0 Å². The van der Waals surface area contributed by atoms with Gasteiger partial charge in [0.15, 0.2) is 5.69 Å². The van der Waals surface area contributed by atoms with Gasteiger partial charge >= 0.3 is 5.97 Å². The summed E-state index contributed by atoms with van der Waals surface area (Å²) in [5, 5.41) is 5.18. The average molecular weight is 241 g/mol. The van der Waals surface area contributed by atoms with Gasteiger partial charge in [-0.15, -0.1) is 0 Å². The maximum atomic E-state index is 11.5. The molecule has 18 heavy (non-hydrogen) atoms. The molecule has 5 heteroatoms. The fourth-order valence-electron chi connectivity index (χ4n) is 2.03. The molecule has 1 aromatic carbocycles. The van der Waals surface area contributed by atoms with E-state index in [1.54, 1.807) is 10.6 Å². The molecule has 0 fully saturated rings. The predicted molar refractivity (Wildman–Crippen MR) is 66.6 cm³/mol. The van der Waals surface area contributed by atoms with Gasteiger partial charge in [-0.25, -0.2) is 14.3 Å². The van der Waals surface area contributed by atoms with Gasteiger partial charge < -0.3 is 4.74 Å². The Morgan fingerprint density at radius 2 is 2.11 bits per heavy atom. The van der Waals surface area contributed by atoms with E-state index in [0.717, 1.165) is 22.2 Å². The molecule has 2 aromatic heterocycles. The van der Waals surface area contributed by atoms with Crippen molar-refractivity contribution in [1.82, 2.24) is 14.6 Å². The van der Waals surface area contributed by atoms with E-state index in [9.17, 15) is 4.79 Å². The van der Waals surface area contributed by atoms with Crippen molar-refractivity contribution < 1.29 is 9.53 Å². The number of carbonyl (C=O) groups excluding carboxylic acids is 1. The zero-order valence-corrected chi connectivity index (χ0v) is 10.0. The minimum atomic E-state index is -0.442. The zero-order valence-electron chi connectivity index (χ0n) is 10.0. The van der Waals surface area contributed by atoms with Crippen molar-refractivity contribution in [2.45, 2.75) is 6.92 Å². The highest BCUT2D eigenvalue weighted by molar-refractivity contribution is 5.97. The van der Waals surface area contributed by atoms with Crippen LogP contribution in [-0.4, -0.2) is 27.7 Å². The Bertz CT molecular complexity index is 761. The van der Waals surface area contributed by atoms with Crippen molar-refractivity contribution in [3.8, 4) is 0 Å². The van der Waals surface area contributed by atoms with Gasteiger partial charge in [0.1, 0.15) is 5.82 Å². The van der Waals surface area contributed by atoms with Gasteiger partial charge in [0.25, 0.3) is 0 Å². The monoisotopic (exact) mass is 241 g/mol. The van der Waals surface area contributed by atoms with E-state index in [1.807, 2.05) is 31.2 Å². The molecule has 0 amide bonds. The normalized spacial score (nSPS) is 11.0. The van der Waals surface area contributed by atoms with Crippen molar-refractivity contribution in [2.75, 3.05) is 7.11 Å². The molecule has 0 bridgehead atoms. The molecule has 0 atom stereocenters. The zero-order chi connectivity index (χ0) is 12.7. The molecule has 5 nitrogen and oxygen atoms in total. The number of nitrogens with zero attached hydrogens (tertiary/aromatic N) is 3. The largest absolute Gasteiger partial charge is 0.464 e. The van der Waals surface area contributed by atoms with Crippen molar-refractivity contribution in [3.63, 3.8) is 0 Å². The second-order valence-corrected chi connectivity index (χ2v) is 3.99. The molecule has 0 aliphatic carbocycles.